The zero-order valence-corrected chi connectivity index (χ0v) is 10.4. The van der Waals surface area contributed by atoms with Gasteiger partial charge in [0.1, 0.15) is 0 Å². The maximum absolute atomic E-state index is 10.3. The number of halogens is 1. The van der Waals surface area contributed by atoms with Crippen molar-refractivity contribution in [2.45, 2.75) is 4.21 Å². The molecule has 1 aromatic heterocycles. The topological polar surface area (TPSA) is 40.1 Å². The van der Waals surface area contributed by atoms with E-state index in [4.69, 9.17) is 0 Å². The molecule has 0 bridgehead atoms. The van der Waals surface area contributed by atoms with Crippen LogP contribution in [0.25, 0.3) is 0 Å². The Morgan fingerprint density at radius 3 is 2.50 bits per heavy atom. The number of rotatable bonds is 1. The van der Waals surface area contributed by atoms with Crippen LogP contribution in [0.1, 0.15) is 0 Å². The largest absolute Gasteiger partial charge is 1.00 e. The molecule has 0 radical (unpaired) electrons. The maximum Gasteiger partial charge on any atom is 1.00 e. The molecule has 1 heterocycles. The minimum absolute atomic E-state index is 0. The van der Waals surface area contributed by atoms with Gasteiger partial charge in [0.15, 0.2) is 0 Å². The fourth-order valence-electron chi connectivity index (χ4n) is 0.399. The van der Waals surface area contributed by atoms with Crippen molar-refractivity contribution >= 4 is 38.3 Å². The second-order valence-electron chi connectivity index (χ2n) is 1.29. The molecule has 0 amide bonds. The molecule has 1 atom stereocenters. The van der Waals surface area contributed by atoms with Crippen LogP contribution in [0.4, 0.5) is 0 Å². The first-order valence-electron chi connectivity index (χ1n) is 2.04. The van der Waals surface area contributed by atoms with Gasteiger partial charge in [0.25, 0.3) is 0 Å². The van der Waals surface area contributed by atoms with Crippen LogP contribution < -0.4 is 29.6 Å². The van der Waals surface area contributed by atoms with E-state index >= 15 is 0 Å². The van der Waals surface area contributed by atoms with E-state index < -0.39 is 11.1 Å². The molecule has 0 N–H and O–H groups in total. The summed E-state index contributed by atoms with van der Waals surface area (Å²) in [6.07, 6.45) is 0. The average molecular weight is 249 g/mol. The monoisotopic (exact) mass is 248 g/mol. The predicted molar refractivity (Wildman–Crippen MR) is 39.2 cm³/mol. The zero-order valence-electron chi connectivity index (χ0n) is 5.17. The number of hydrogen-bond acceptors (Lipinski definition) is 3. The summed E-state index contributed by atoms with van der Waals surface area (Å²) in [6.45, 7) is 0. The standard InChI is InChI=1S/C4H3BrO2S2.Na/c5-3-1-2-8-4(3)9(6)7;/h1-2H,(H,6,7);/q;+1/p-1. The molecule has 6 heteroatoms. The van der Waals surface area contributed by atoms with Crippen molar-refractivity contribution in [1.82, 2.24) is 0 Å². The maximum atomic E-state index is 10.3. The molecule has 0 fully saturated rings. The van der Waals surface area contributed by atoms with E-state index in [0.29, 0.717) is 8.68 Å². The Bertz CT molecular complexity index is 237. The normalized spacial score (nSPS) is 12.2. The van der Waals surface area contributed by atoms with Crippen LogP contribution in [0.2, 0.25) is 0 Å². The van der Waals surface area contributed by atoms with Crippen LogP contribution in [0.5, 0.6) is 0 Å². The molecular weight excluding hydrogens is 247 g/mol. The molecule has 0 aromatic carbocycles. The first-order valence-corrected chi connectivity index (χ1v) is 4.79. The Morgan fingerprint density at radius 2 is 2.30 bits per heavy atom. The van der Waals surface area contributed by atoms with Gasteiger partial charge >= 0.3 is 29.6 Å². The summed E-state index contributed by atoms with van der Waals surface area (Å²) >= 11 is 2.19. The summed E-state index contributed by atoms with van der Waals surface area (Å²) in [7, 11) is 0. The van der Waals surface area contributed by atoms with Crippen molar-refractivity contribution in [3.63, 3.8) is 0 Å². The molecule has 1 unspecified atom stereocenters. The molecule has 2 nitrogen and oxygen atoms in total. The van der Waals surface area contributed by atoms with E-state index in [1.807, 2.05) is 0 Å². The summed E-state index contributed by atoms with van der Waals surface area (Å²) < 4.78 is 21.5. The minimum atomic E-state index is -2.09. The molecule has 50 valence electrons. The van der Waals surface area contributed by atoms with Crippen molar-refractivity contribution < 1.29 is 38.3 Å². The quantitative estimate of drug-likeness (QED) is 0.461. The van der Waals surface area contributed by atoms with Crippen LogP contribution in [-0.2, 0) is 11.1 Å². The van der Waals surface area contributed by atoms with E-state index in [-0.39, 0.29) is 29.6 Å². The van der Waals surface area contributed by atoms with Crippen LogP contribution >= 0.6 is 27.3 Å². The molecule has 10 heavy (non-hydrogen) atoms. The fourth-order valence-corrected chi connectivity index (χ4v) is 2.60. The van der Waals surface area contributed by atoms with Gasteiger partial charge in [0.2, 0.25) is 0 Å². The van der Waals surface area contributed by atoms with Gasteiger partial charge in [-0.1, -0.05) is 0 Å². The van der Waals surface area contributed by atoms with Crippen molar-refractivity contribution in [3.8, 4) is 0 Å². The summed E-state index contributed by atoms with van der Waals surface area (Å²) in [4.78, 5) is 0. The van der Waals surface area contributed by atoms with Crippen LogP contribution in [0.15, 0.2) is 20.1 Å². The van der Waals surface area contributed by atoms with Crippen molar-refractivity contribution in [2.24, 2.45) is 0 Å². The van der Waals surface area contributed by atoms with Gasteiger partial charge in [-0.15, -0.1) is 11.3 Å². The Hall–Kier alpha value is 1.29. The second-order valence-corrected chi connectivity index (χ2v) is 4.20. The summed E-state index contributed by atoms with van der Waals surface area (Å²) in [5, 5.41) is 1.72. The van der Waals surface area contributed by atoms with E-state index in [1.54, 1.807) is 11.4 Å². The van der Waals surface area contributed by atoms with Crippen LogP contribution in [-0.4, -0.2) is 8.76 Å². The minimum Gasteiger partial charge on any atom is -0.768 e. The Labute approximate surface area is 95.7 Å². The zero-order chi connectivity index (χ0) is 6.85. The van der Waals surface area contributed by atoms with Crippen molar-refractivity contribution in [3.05, 3.63) is 15.9 Å². The Kier molecular flexibility index (Phi) is 5.68. The Morgan fingerprint density at radius 1 is 1.70 bits per heavy atom. The Balaban J connectivity index is 0.000000810. The molecular formula is C4H2BrNaO2S2. The van der Waals surface area contributed by atoms with Gasteiger partial charge in [-0.3, -0.25) is 4.21 Å². The third kappa shape index (κ3) is 2.73. The average Bonchev–Trinajstić information content (AvgIpc) is 2.13. The fraction of sp³-hybridized carbons (Fsp3) is 0. The van der Waals surface area contributed by atoms with Gasteiger partial charge in [-0.2, -0.15) is 0 Å². The van der Waals surface area contributed by atoms with Gasteiger partial charge in [-0.05, 0) is 38.5 Å². The third-order valence-electron chi connectivity index (χ3n) is 0.736. The predicted octanol–water partition coefficient (Wildman–Crippen LogP) is -1.25. The first kappa shape index (κ1) is 11.3. The van der Waals surface area contributed by atoms with Gasteiger partial charge in [-0.25, -0.2) is 0 Å². The number of thiophene rings is 1. The van der Waals surface area contributed by atoms with E-state index in [1.165, 1.54) is 11.3 Å². The van der Waals surface area contributed by atoms with Crippen molar-refractivity contribution in [1.29, 1.82) is 0 Å². The molecule has 1 aromatic rings. The van der Waals surface area contributed by atoms with E-state index in [0.717, 1.165) is 0 Å². The smallest absolute Gasteiger partial charge is 0.768 e. The van der Waals surface area contributed by atoms with E-state index in [9.17, 15) is 8.76 Å². The molecule has 0 aliphatic rings. The van der Waals surface area contributed by atoms with E-state index in [2.05, 4.69) is 15.9 Å². The van der Waals surface area contributed by atoms with Gasteiger partial charge in [0.05, 0.1) is 4.21 Å². The SMILES string of the molecule is O=S([O-])c1sccc1Br.[Na+]. The van der Waals surface area contributed by atoms with Crippen LogP contribution in [0, 0.1) is 0 Å². The van der Waals surface area contributed by atoms with Crippen LogP contribution in [0.3, 0.4) is 0 Å². The number of hydrogen-bond donors (Lipinski definition) is 0. The molecule has 0 aliphatic carbocycles. The summed E-state index contributed by atoms with van der Waals surface area (Å²) in [6, 6.07) is 1.70. The summed E-state index contributed by atoms with van der Waals surface area (Å²) in [5.74, 6) is 0. The first-order chi connectivity index (χ1) is 4.22. The molecule has 0 saturated carbocycles. The molecule has 0 aliphatic heterocycles. The van der Waals surface area contributed by atoms with Crippen molar-refractivity contribution in [2.75, 3.05) is 0 Å². The molecule has 1 rings (SSSR count). The summed E-state index contributed by atoms with van der Waals surface area (Å²) in [5.41, 5.74) is 0. The molecule has 0 saturated heterocycles. The van der Waals surface area contributed by atoms with Gasteiger partial charge < -0.3 is 4.55 Å². The third-order valence-corrected chi connectivity index (χ3v) is 3.85. The molecule has 0 spiro atoms. The van der Waals surface area contributed by atoms with Gasteiger partial charge in [0, 0.05) is 4.47 Å². The second kappa shape index (κ2) is 5.03.